The fraction of sp³-hybridized carbons (Fsp3) is 0. The molecule has 0 unspecified atom stereocenters. The number of carbonyl (C=O) groups excluding carboxylic acids is 3. The molecule has 1 aromatic carbocycles. The van der Waals surface area contributed by atoms with Gasteiger partial charge in [-0.3, -0.25) is 9.59 Å². The van der Waals surface area contributed by atoms with E-state index in [-0.39, 0.29) is 11.1 Å². The minimum atomic E-state index is -0.993. The summed E-state index contributed by atoms with van der Waals surface area (Å²) in [4.78, 5) is 42.8. The van der Waals surface area contributed by atoms with Gasteiger partial charge in [-0.05, 0) is 18.2 Å². The number of hydrogen-bond acceptors (Lipinski definition) is 3. The predicted molar refractivity (Wildman–Crippen MR) is 90.5 cm³/mol. The number of nitrogens with two attached hydrogens (primary N) is 1. The smallest absolute Gasteiger partial charge is 0.331 e. The second-order valence-corrected chi connectivity index (χ2v) is 5.50. The number of para-hydroxylation sites is 1. The SMILES string of the molecule is NC(=O)NN1C(=O)C(c2ccc[nH]2)=C(c2c[nH]c3ccccc23)C1=O. The first kappa shape index (κ1) is 14.8. The van der Waals surface area contributed by atoms with Gasteiger partial charge in [-0.1, -0.05) is 18.2 Å². The Morgan fingerprint density at radius 1 is 1.00 bits per heavy atom. The summed E-state index contributed by atoms with van der Waals surface area (Å²) in [6.45, 7) is 0. The molecule has 8 nitrogen and oxygen atoms in total. The molecule has 0 fully saturated rings. The number of rotatable bonds is 3. The molecule has 0 radical (unpaired) electrons. The number of aromatic nitrogens is 2. The summed E-state index contributed by atoms with van der Waals surface area (Å²) >= 11 is 0. The van der Waals surface area contributed by atoms with Crippen molar-refractivity contribution in [3.8, 4) is 0 Å². The molecule has 0 saturated heterocycles. The fourth-order valence-electron chi connectivity index (χ4n) is 3.01. The van der Waals surface area contributed by atoms with E-state index in [0.29, 0.717) is 16.3 Å². The number of hydrazine groups is 1. The third-order valence-corrected chi connectivity index (χ3v) is 4.03. The lowest BCUT2D eigenvalue weighted by atomic mass is 9.99. The van der Waals surface area contributed by atoms with E-state index in [2.05, 4.69) is 15.4 Å². The second kappa shape index (κ2) is 5.38. The van der Waals surface area contributed by atoms with Crippen molar-refractivity contribution in [2.24, 2.45) is 5.73 Å². The summed E-state index contributed by atoms with van der Waals surface area (Å²) in [6.07, 6.45) is 3.32. The minimum Gasteiger partial charge on any atom is -0.361 e. The van der Waals surface area contributed by atoms with Crippen molar-refractivity contribution in [2.45, 2.75) is 0 Å². The van der Waals surface area contributed by atoms with E-state index < -0.39 is 17.8 Å². The van der Waals surface area contributed by atoms with Crippen LogP contribution in [0.4, 0.5) is 4.79 Å². The summed E-state index contributed by atoms with van der Waals surface area (Å²) in [7, 11) is 0. The van der Waals surface area contributed by atoms with Crippen LogP contribution in [0, 0.1) is 0 Å². The Bertz CT molecular complexity index is 1050. The molecule has 1 aliphatic rings. The van der Waals surface area contributed by atoms with Gasteiger partial charge in [-0.25, -0.2) is 10.2 Å². The van der Waals surface area contributed by atoms with Gasteiger partial charge in [0.1, 0.15) is 0 Å². The van der Waals surface area contributed by atoms with E-state index in [9.17, 15) is 14.4 Å². The Morgan fingerprint density at radius 2 is 1.76 bits per heavy atom. The van der Waals surface area contributed by atoms with E-state index in [4.69, 9.17) is 5.73 Å². The maximum Gasteiger partial charge on any atom is 0.331 e. The van der Waals surface area contributed by atoms with E-state index >= 15 is 0 Å². The first-order valence-electron chi connectivity index (χ1n) is 7.47. The molecule has 0 aliphatic carbocycles. The van der Waals surface area contributed by atoms with Crippen LogP contribution in [0.25, 0.3) is 22.0 Å². The van der Waals surface area contributed by atoms with Gasteiger partial charge < -0.3 is 15.7 Å². The van der Waals surface area contributed by atoms with Crippen LogP contribution in [0.15, 0.2) is 48.8 Å². The molecule has 4 rings (SSSR count). The number of hydrogen-bond donors (Lipinski definition) is 4. The van der Waals surface area contributed by atoms with E-state index in [1.807, 2.05) is 24.3 Å². The van der Waals surface area contributed by atoms with Crippen molar-refractivity contribution in [3.05, 3.63) is 60.0 Å². The Kier molecular flexibility index (Phi) is 3.17. The Morgan fingerprint density at radius 3 is 2.48 bits per heavy atom. The van der Waals surface area contributed by atoms with Crippen LogP contribution >= 0.6 is 0 Å². The monoisotopic (exact) mass is 335 g/mol. The number of H-pyrrole nitrogens is 2. The first-order chi connectivity index (χ1) is 12.1. The second-order valence-electron chi connectivity index (χ2n) is 5.50. The number of nitrogens with one attached hydrogen (secondary N) is 3. The fourth-order valence-corrected chi connectivity index (χ4v) is 3.01. The van der Waals surface area contributed by atoms with Crippen LogP contribution in [0.3, 0.4) is 0 Å². The number of benzene rings is 1. The Labute approximate surface area is 141 Å². The Balaban J connectivity index is 1.96. The lowest BCUT2D eigenvalue weighted by Crippen LogP contribution is -2.49. The number of aromatic amines is 2. The van der Waals surface area contributed by atoms with Crippen LogP contribution in [0.1, 0.15) is 11.3 Å². The topological polar surface area (TPSA) is 124 Å². The maximum absolute atomic E-state index is 12.8. The summed E-state index contributed by atoms with van der Waals surface area (Å²) in [5.74, 6) is -1.29. The van der Waals surface area contributed by atoms with Crippen LogP contribution in [0.2, 0.25) is 0 Å². The van der Waals surface area contributed by atoms with Crippen molar-refractivity contribution in [2.75, 3.05) is 0 Å². The molecule has 4 amide bonds. The van der Waals surface area contributed by atoms with Gasteiger partial charge in [0.15, 0.2) is 0 Å². The van der Waals surface area contributed by atoms with Crippen molar-refractivity contribution >= 4 is 39.9 Å². The molecule has 2 aromatic heterocycles. The minimum absolute atomic E-state index is 0.175. The molecule has 3 aromatic rings. The van der Waals surface area contributed by atoms with E-state index in [1.165, 1.54) is 0 Å². The zero-order valence-electron chi connectivity index (χ0n) is 12.9. The molecule has 0 spiro atoms. The molecule has 0 saturated carbocycles. The van der Waals surface area contributed by atoms with Crippen molar-refractivity contribution in [1.29, 1.82) is 0 Å². The van der Waals surface area contributed by atoms with Crippen LogP contribution in [-0.2, 0) is 9.59 Å². The lowest BCUT2D eigenvalue weighted by Gasteiger charge is -2.13. The largest absolute Gasteiger partial charge is 0.361 e. The summed E-state index contributed by atoms with van der Waals surface area (Å²) in [5, 5.41) is 1.43. The van der Waals surface area contributed by atoms with E-state index in [1.54, 1.807) is 24.5 Å². The van der Waals surface area contributed by atoms with E-state index in [0.717, 1.165) is 10.9 Å². The van der Waals surface area contributed by atoms with Gasteiger partial charge in [0.2, 0.25) is 0 Å². The zero-order chi connectivity index (χ0) is 17.6. The molecule has 25 heavy (non-hydrogen) atoms. The highest BCUT2D eigenvalue weighted by Gasteiger charge is 2.41. The standard InChI is InChI=1S/C17H13N5O3/c18-17(25)21-22-15(23)13(14(16(22)24)12-6-3-7-19-12)10-8-20-11-5-2-1-4-9(10)11/h1-8,19-20H,(H3,18,21,25). The summed E-state index contributed by atoms with van der Waals surface area (Å²) < 4.78 is 0. The third-order valence-electron chi connectivity index (χ3n) is 4.03. The molecule has 0 bridgehead atoms. The molecule has 1 aliphatic heterocycles. The highest BCUT2D eigenvalue weighted by atomic mass is 16.2. The quantitative estimate of drug-likeness (QED) is 0.540. The maximum atomic E-state index is 12.8. The number of imide groups is 1. The number of primary amides is 1. The first-order valence-corrected chi connectivity index (χ1v) is 7.47. The number of nitrogens with zero attached hydrogens (tertiary/aromatic N) is 1. The van der Waals surface area contributed by atoms with Crippen molar-refractivity contribution < 1.29 is 14.4 Å². The Hall–Kier alpha value is -3.81. The molecule has 5 N–H and O–H groups in total. The van der Waals surface area contributed by atoms with Gasteiger partial charge >= 0.3 is 6.03 Å². The van der Waals surface area contributed by atoms with Gasteiger partial charge in [-0.15, -0.1) is 0 Å². The molecule has 0 atom stereocenters. The highest BCUT2D eigenvalue weighted by molar-refractivity contribution is 6.49. The molecule has 8 heteroatoms. The van der Waals surface area contributed by atoms with Crippen LogP contribution in [0.5, 0.6) is 0 Å². The molecular formula is C17H13N5O3. The molecule has 124 valence electrons. The lowest BCUT2D eigenvalue weighted by molar-refractivity contribution is -0.138. The third kappa shape index (κ3) is 2.19. The number of fused-ring (bicyclic) bond motifs is 1. The average molecular weight is 335 g/mol. The van der Waals surface area contributed by atoms with Gasteiger partial charge in [-0.2, -0.15) is 5.01 Å². The molecular weight excluding hydrogens is 322 g/mol. The average Bonchev–Trinajstić information content (AvgIpc) is 3.29. The normalized spacial score (nSPS) is 14.6. The van der Waals surface area contributed by atoms with Crippen LogP contribution in [-0.4, -0.2) is 32.8 Å². The highest BCUT2D eigenvalue weighted by Crippen LogP contribution is 2.37. The molecule has 3 heterocycles. The predicted octanol–water partition coefficient (Wildman–Crippen LogP) is 1.36. The number of carbonyl (C=O) groups is 3. The number of amides is 4. The van der Waals surface area contributed by atoms with Crippen LogP contribution < -0.4 is 11.2 Å². The van der Waals surface area contributed by atoms with Gasteiger partial charge in [0.05, 0.1) is 16.8 Å². The van der Waals surface area contributed by atoms with Gasteiger partial charge in [0.25, 0.3) is 11.8 Å². The van der Waals surface area contributed by atoms with Crippen molar-refractivity contribution in [1.82, 2.24) is 20.4 Å². The summed E-state index contributed by atoms with van der Waals surface area (Å²) in [5.41, 5.74) is 9.42. The zero-order valence-corrected chi connectivity index (χ0v) is 12.9. The number of urea groups is 1. The summed E-state index contributed by atoms with van der Waals surface area (Å²) in [6, 6.07) is 9.84. The van der Waals surface area contributed by atoms with Crippen molar-refractivity contribution in [3.63, 3.8) is 0 Å². The van der Waals surface area contributed by atoms with Gasteiger partial charge in [0, 0.05) is 28.9 Å².